The lowest BCUT2D eigenvalue weighted by Gasteiger charge is -2.07. The normalized spacial score (nSPS) is 10.3. The molecular weight excluding hydrogens is 376 g/mol. The number of hydrogen-bond acceptors (Lipinski definition) is 3. The summed E-state index contributed by atoms with van der Waals surface area (Å²) in [6.07, 6.45) is 2.75. The predicted octanol–water partition coefficient (Wildman–Crippen LogP) is 4.45. The van der Waals surface area contributed by atoms with Crippen molar-refractivity contribution in [1.29, 1.82) is 0 Å². The van der Waals surface area contributed by atoms with Crippen LogP contribution in [0.5, 0.6) is 0 Å². The minimum absolute atomic E-state index is 0.185. The molecule has 2 aromatic heterocycles. The monoisotopic (exact) mass is 379 g/mol. The Hall–Kier alpha value is -0.880. The number of halogens is 4. The van der Waals surface area contributed by atoms with Crippen LogP contribution in [0.2, 0.25) is 15.3 Å². The minimum atomic E-state index is -0.412. The summed E-state index contributed by atoms with van der Waals surface area (Å²) in [5.74, 6) is -0.412. The summed E-state index contributed by atoms with van der Waals surface area (Å²) in [6.45, 7) is 0. The molecule has 0 atom stereocenters. The van der Waals surface area contributed by atoms with Crippen LogP contribution in [-0.4, -0.2) is 15.9 Å². The maximum atomic E-state index is 12.0. The number of carbonyl (C=O) groups is 1. The number of pyridine rings is 2. The zero-order valence-corrected chi connectivity index (χ0v) is 13.0. The maximum Gasteiger partial charge on any atom is 0.257 e. The molecule has 2 heterocycles. The second-order valence-corrected chi connectivity index (χ2v) is 5.44. The van der Waals surface area contributed by atoms with E-state index in [1.165, 1.54) is 18.5 Å². The van der Waals surface area contributed by atoms with E-state index in [0.29, 0.717) is 15.3 Å². The minimum Gasteiger partial charge on any atom is -0.321 e. The zero-order chi connectivity index (χ0) is 14.0. The van der Waals surface area contributed by atoms with Crippen LogP contribution in [0.1, 0.15) is 10.4 Å². The molecule has 0 spiro atoms. The summed E-state index contributed by atoms with van der Waals surface area (Å²) in [5.41, 5.74) is 0.706. The lowest BCUT2D eigenvalue weighted by molar-refractivity contribution is 0.102. The highest BCUT2D eigenvalue weighted by Crippen LogP contribution is 2.24. The van der Waals surface area contributed by atoms with Crippen molar-refractivity contribution in [3.8, 4) is 0 Å². The van der Waals surface area contributed by atoms with Crippen molar-refractivity contribution >= 4 is 62.3 Å². The molecule has 0 unspecified atom stereocenters. The topological polar surface area (TPSA) is 54.9 Å². The van der Waals surface area contributed by atoms with Crippen LogP contribution in [0.25, 0.3) is 0 Å². The number of carbonyl (C=O) groups excluding carboxylic acids is 1. The van der Waals surface area contributed by atoms with E-state index in [2.05, 4.69) is 31.2 Å². The van der Waals surface area contributed by atoms with Crippen LogP contribution < -0.4 is 5.32 Å². The second kappa shape index (κ2) is 6.05. The van der Waals surface area contributed by atoms with Gasteiger partial charge in [-0.15, -0.1) is 0 Å². The largest absolute Gasteiger partial charge is 0.321 e. The van der Waals surface area contributed by atoms with Crippen LogP contribution in [-0.2, 0) is 0 Å². The van der Waals surface area contributed by atoms with Crippen molar-refractivity contribution < 1.29 is 4.79 Å². The molecule has 2 aromatic rings. The molecule has 2 rings (SSSR count). The molecule has 98 valence electrons. The molecule has 1 N–H and O–H groups in total. The summed E-state index contributed by atoms with van der Waals surface area (Å²) in [4.78, 5) is 19.7. The summed E-state index contributed by atoms with van der Waals surface area (Å²) in [5, 5.41) is 3.34. The highest BCUT2D eigenvalue weighted by Gasteiger charge is 2.12. The van der Waals surface area contributed by atoms with Crippen LogP contribution in [0, 0.1) is 0 Å². The molecule has 0 bridgehead atoms. The molecule has 0 fully saturated rings. The number of nitrogens with zero attached hydrogens (tertiary/aromatic N) is 2. The molecular formula is C11H5BrCl3N3O. The smallest absolute Gasteiger partial charge is 0.257 e. The van der Waals surface area contributed by atoms with Gasteiger partial charge in [-0.25, -0.2) is 9.97 Å². The molecule has 0 saturated heterocycles. The third-order valence-electron chi connectivity index (χ3n) is 2.12. The van der Waals surface area contributed by atoms with E-state index in [-0.39, 0.29) is 15.7 Å². The van der Waals surface area contributed by atoms with Crippen molar-refractivity contribution in [2.75, 3.05) is 5.32 Å². The summed E-state index contributed by atoms with van der Waals surface area (Å²) < 4.78 is 0.575. The fourth-order valence-corrected chi connectivity index (χ4v) is 2.07. The summed E-state index contributed by atoms with van der Waals surface area (Å²) in [6, 6.07) is 3.02. The van der Waals surface area contributed by atoms with E-state index in [1.54, 1.807) is 6.07 Å². The van der Waals surface area contributed by atoms with E-state index in [0.717, 1.165) is 0 Å². The maximum absolute atomic E-state index is 12.0. The number of amides is 1. The number of hydrogen-bond donors (Lipinski definition) is 1. The van der Waals surface area contributed by atoms with Crippen LogP contribution in [0.15, 0.2) is 29.0 Å². The lowest BCUT2D eigenvalue weighted by Crippen LogP contribution is -2.13. The number of rotatable bonds is 2. The van der Waals surface area contributed by atoms with Crippen LogP contribution in [0.4, 0.5) is 5.69 Å². The summed E-state index contributed by atoms with van der Waals surface area (Å²) >= 11 is 20.6. The van der Waals surface area contributed by atoms with Gasteiger partial charge < -0.3 is 5.32 Å². The van der Waals surface area contributed by atoms with Gasteiger partial charge in [-0.2, -0.15) is 0 Å². The highest BCUT2D eigenvalue weighted by molar-refractivity contribution is 9.10. The molecule has 0 saturated carbocycles. The molecule has 0 aliphatic heterocycles. The Morgan fingerprint density at radius 2 is 1.89 bits per heavy atom. The van der Waals surface area contributed by atoms with Gasteiger partial charge in [-0.05, 0) is 28.1 Å². The first kappa shape index (κ1) is 14.5. The van der Waals surface area contributed by atoms with E-state index < -0.39 is 5.91 Å². The first-order chi connectivity index (χ1) is 8.97. The SMILES string of the molecule is O=C(Nc1cnc(Cl)c(Br)c1)c1cc(Cl)ncc1Cl. The van der Waals surface area contributed by atoms with Gasteiger partial charge in [0.1, 0.15) is 10.3 Å². The van der Waals surface area contributed by atoms with E-state index in [4.69, 9.17) is 34.8 Å². The Labute approximate surface area is 132 Å². The van der Waals surface area contributed by atoms with Gasteiger partial charge in [0.15, 0.2) is 0 Å². The highest BCUT2D eigenvalue weighted by atomic mass is 79.9. The van der Waals surface area contributed by atoms with Crippen molar-refractivity contribution in [3.63, 3.8) is 0 Å². The van der Waals surface area contributed by atoms with Crippen LogP contribution in [0.3, 0.4) is 0 Å². The van der Waals surface area contributed by atoms with Gasteiger partial charge in [0.05, 0.1) is 26.9 Å². The Kier molecular flexibility index (Phi) is 4.62. The van der Waals surface area contributed by atoms with E-state index in [1.807, 2.05) is 0 Å². The van der Waals surface area contributed by atoms with Gasteiger partial charge in [-0.3, -0.25) is 4.79 Å². The molecule has 4 nitrogen and oxygen atoms in total. The standard InChI is InChI=1S/C11H5BrCl3N3O/c12-7-1-5(3-17-10(7)15)18-11(19)6-2-9(14)16-4-8(6)13/h1-4H,(H,18,19). The van der Waals surface area contributed by atoms with Crippen molar-refractivity contribution in [2.24, 2.45) is 0 Å². The average molecular weight is 381 g/mol. The molecule has 0 radical (unpaired) electrons. The summed E-state index contributed by atoms with van der Waals surface area (Å²) in [7, 11) is 0. The molecule has 0 aliphatic rings. The van der Waals surface area contributed by atoms with E-state index >= 15 is 0 Å². The number of nitrogens with one attached hydrogen (secondary N) is 1. The first-order valence-electron chi connectivity index (χ1n) is 4.91. The molecule has 19 heavy (non-hydrogen) atoms. The van der Waals surface area contributed by atoms with Gasteiger partial charge in [0.2, 0.25) is 0 Å². The molecule has 0 aromatic carbocycles. The first-order valence-corrected chi connectivity index (χ1v) is 6.83. The fourth-order valence-electron chi connectivity index (χ4n) is 1.28. The van der Waals surface area contributed by atoms with Crippen molar-refractivity contribution in [1.82, 2.24) is 9.97 Å². The Balaban J connectivity index is 2.25. The fraction of sp³-hybridized carbons (Fsp3) is 0. The third kappa shape index (κ3) is 3.57. The predicted molar refractivity (Wildman–Crippen MR) is 79.2 cm³/mol. The van der Waals surface area contributed by atoms with E-state index in [9.17, 15) is 4.79 Å². The quantitative estimate of drug-likeness (QED) is 0.782. The zero-order valence-electron chi connectivity index (χ0n) is 9.12. The Morgan fingerprint density at radius 3 is 2.58 bits per heavy atom. The molecule has 8 heteroatoms. The van der Waals surface area contributed by atoms with Gasteiger partial charge >= 0.3 is 0 Å². The average Bonchev–Trinajstić information content (AvgIpc) is 2.36. The van der Waals surface area contributed by atoms with Crippen molar-refractivity contribution in [2.45, 2.75) is 0 Å². The third-order valence-corrected chi connectivity index (χ3v) is 3.76. The number of aromatic nitrogens is 2. The number of anilines is 1. The lowest BCUT2D eigenvalue weighted by atomic mass is 10.2. The second-order valence-electron chi connectivity index (χ2n) is 3.44. The van der Waals surface area contributed by atoms with Gasteiger partial charge in [0, 0.05) is 6.20 Å². The Morgan fingerprint density at radius 1 is 1.16 bits per heavy atom. The molecule has 0 aliphatic carbocycles. The molecule has 1 amide bonds. The van der Waals surface area contributed by atoms with Crippen molar-refractivity contribution in [3.05, 3.63) is 49.9 Å². The van der Waals surface area contributed by atoms with Gasteiger partial charge in [-0.1, -0.05) is 34.8 Å². The van der Waals surface area contributed by atoms with Crippen LogP contribution >= 0.6 is 50.7 Å². The Bertz CT molecular complexity index is 651. The van der Waals surface area contributed by atoms with Gasteiger partial charge in [0.25, 0.3) is 5.91 Å².